The predicted octanol–water partition coefficient (Wildman–Crippen LogP) is 6.24. The summed E-state index contributed by atoms with van der Waals surface area (Å²) < 4.78 is 26.1. The number of allylic oxidation sites excluding steroid dienone is 1. The van der Waals surface area contributed by atoms with Gasteiger partial charge >= 0.3 is 0 Å². The summed E-state index contributed by atoms with van der Waals surface area (Å²) in [6.07, 6.45) is 1.62. The molecule has 0 spiro atoms. The van der Waals surface area contributed by atoms with Gasteiger partial charge in [0.2, 0.25) is 0 Å². The van der Waals surface area contributed by atoms with E-state index in [4.69, 9.17) is 9.47 Å². The number of methoxy groups -OCH3 is 1. The largest absolute Gasteiger partial charge is 0.493 e. The number of nitriles is 1. The fourth-order valence-electron chi connectivity index (χ4n) is 2.71. The second kappa shape index (κ2) is 9.20. The minimum absolute atomic E-state index is 0.227. The highest BCUT2D eigenvalue weighted by molar-refractivity contribution is 9.10. The Kier molecular flexibility index (Phi) is 6.46. The SMILES string of the molecule is COc1cc(C=C(C#N)c2ccccc2F)cc(Br)c1OCc1ccccc1. The van der Waals surface area contributed by atoms with Crippen LogP contribution in [0.3, 0.4) is 0 Å². The second-order valence-corrected chi connectivity index (χ2v) is 6.81. The molecular formula is C23H17BrFNO2. The summed E-state index contributed by atoms with van der Waals surface area (Å²) >= 11 is 3.50. The number of hydrogen-bond donors (Lipinski definition) is 0. The Morgan fingerprint density at radius 1 is 1.11 bits per heavy atom. The average molecular weight is 438 g/mol. The van der Waals surface area contributed by atoms with Gasteiger partial charge in [0.15, 0.2) is 11.5 Å². The molecule has 140 valence electrons. The Balaban J connectivity index is 1.92. The molecule has 0 aromatic heterocycles. The van der Waals surface area contributed by atoms with E-state index in [0.29, 0.717) is 28.1 Å². The molecule has 28 heavy (non-hydrogen) atoms. The third kappa shape index (κ3) is 4.59. The first-order valence-electron chi connectivity index (χ1n) is 8.53. The van der Waals surface area contributed by atoms with Gasteiger partial charge in [-0.2, -0.15) is 5.26 Å². The molecule has 0 saturated carbocycles. The van der Waals surface area contributed by atoms with E-state index < -0.39 is 5.82 Å². The minimum atomic E-state index is -0.441. The number of nitrogens with zero attached hydrogens (tertiary/aromatic N) is 1. The Bertz CT molecular complexity index is 1040. The Morgan fingerprint density at radius 3 is 2.50 bits per heavy atom. The lowest BCUT2D eigenvalue weighted by atomic mass is 10.0. The van der Waals surface area contributed by atoms with E-state index in [9.17, 15) is 9.65 Å². The normalized spacial score (nSPS) is 11.0. The van der Waals surface area contributed by atoms with Crippen molar-refractivity contribution in [2.75, 3.05) is 7.11 Å². The summed E-state index contributed by atoms with van der Waals surface area (Å²) in [6.45, 7) is 0.393. The summed E-state index contributed by atoms with van der Waals surface area (Å²) in [7, 11) is 1.55. The van der Waals surface area contributed by atoms with Crippen LogP contribution in [0.4, 0.5) is 4.39 Å². The average Bonchev–Trinajstić information content (AvgIpc) is 2.72. The van der Waals surface area contributed by atoms with Crippen LogP contribution < -0.4 is 9.47 Å². The van der Waals surface area contributed by atoms with Gasteiger partial charge in [0.1, 0.15) is 12.4 Å². The molecule has 3 aromatic rings. The summed E-state index contributed by atoms with van der Waals surface area (Å²) in [6, 6.07) is 21.6. The van der Waals surface area contributed by atoms with Crippen molar-refractivity contribution in [3.8, 4) is 17.6 Å². The molecule has 3 aromatic carbocycles. The van der Waals surface area contributed by atoms with Crippen molar-refractivity contribution in [1.82, 2.24) is 0 Å². The summed E-state index contributed by atoms with van der Waals surface area (Å²) in [5.74, 6) is 0.638. The Labute approximate surface area is 171 Å². The van der Waals surface area contributed by atoms with E-state index >= 15 is 0 Å². The highest BCUT2D eigenvalue weighted by Gasteiger charge is 2.13. The molecule has 0 N–H and O–H groups in total. The molecule has 0 atom stereocenters. The molecule has 3 rings (SSSR count). The first kappa shape index (κ1) is 19.7. The molecule has 0 bridgehead atoms. The smallest absolute Gasteiger partial charge is 0.175 e. The molecule has 0 fully saturated rings. The lowest BCUT2D eigenvalue weighted by molar-refractivity contribution is 0.282. The number of ether oxygens (including phenoxy) is 2. The van der Waals surface area contributed by atoms with Crippen LogP contribution in [0.15, 0.2) is 71.2 Å². The van der Waals surface area contributed by atoms with Crippen LogP contribution >= 0.6 is 15.9 Å². The van der Waals surface area contributed by atoms with Gasteiger partial charge in [0, 0.05) is 5.56 Å². The van der Waals surface area contributed by atoms with Crippen molar-refractivity contribution in [3.05, 3.63) is 93.7 Å². The molecule has 0 aliphatic heterocycles. The van der Waals surface area contributed by atoms with Gasteiger partial charge in [-0.05, 0) is 51.3 Å². The van der Waals surface area contributed by atoms with Crippen LogP contribution in [0.1, 0.15) is 16.7 Å². The van der Waals surface area contributed by atoms with Crippen molar-refractivity contribution >= 4 is 27.6 Å². The maximum Gasteiger partial charge on any atom is 0.175 e. The van der Waals surface area contributed by atoms with Crippen LogP contribution in [0.2, 0.25) is 0 Å². The number of rotatable bonds is 6. The molecule has 0 saturated heterocycles. The molecule has 0 amide bonds. The van der Waals surface area contributed by atoms with Gasteiger partial charge in [-0.1, -0.05) is 48.5 Å². The summed E-state index contributed by atoms with van der Waals surface area (Å²) in [4.78, 5) is 0. The lowest BCUT2D eigenvalue weighted by Gasteiger charge is -2.14. The molecule has 0 heterocycles. The maximum absolute atomic E-state index is 14.0. The lowest BCUT2D eigenvalue weighted by Crippen LogP contribution is -1.99. The van der Waals surface area contributed by atoms with E-state index in [0.717, 1.165) is 5.56 Å². The van der Waals surface area contributed by atoms with Crippen LogP contribution in [0.25, 0.3) is 11.6 Å². The monoisotopic (exact) mass is 437 g/mol. The summed E-state index contributed by atoms with van der Waals surface area (Å²) in [5, 5.41) is 9.47. The quantitative estimate of drug-likeness (QED) is 0.338. The number of hydrogen-bond acceptors (Lipinski definition) is 3. The first-order valence-corrected chi connectivity index (χ1v) is 9.32. The van der Waals surface area contributed by atoms with Crippen LogP contribution in [0, 0.1) is 17.1 Å². The topological polar surface area (TPSA) is 42.2 Å². The van der Waals surface area contributed by atoms with Crippen molar-refractivity contribution in [2.24, 2.45) is 0 Å². The van der Waals surface area contributed by atoms with Gasteiger partial charge in [-0.15, -0.1) is 0 Å². The molecule has 0 aliphatic carbocycles. The van der Waals surface area contributed by atoms with E-state index in [1.807, 2.05) is 30.3 Å². The standard InChI is InChI=1S/C23H17BrFNO2/c1-27-22-13-17(11-18(14-26)19-9-5-6-10-21(19)25)12-20(24)23(22)28-15-16-7-3-2-4-8-16/h2-13H,15H2,1H3. The van der Waals surface area contributed by atoms with E-state index in [-0.39, 0.29) is 11.1 Å². The second-order valence-electron chi connectivity index (χ2n) is 5.96. The fraction of sp³-hybridized carbons (Fsp3) is 0.0870. The molecule has 5 heteroatoms. The zero-order valence-corrected chi connectivity index (χ0v) is 16.7. The zero-order chi connectivity index (χ0) is 19.9. The van der Waals surface area contributed by atoms with Crippen LogP contribution in [-0.4, -0.2) is 7.11 Å². The maximum atomic E-state index is 14.0. The first-order chi connectivity index (χ1) is 13.6. The molecular weight excluding hydrogens is 421 g/mol. The highest BCUT2D eigenvalue weighted by Crippen LogP contribution is 2.38. The van der Waals surface area contributed by atoms with E-state index in [1.54, 1.807) is 43.5 Å². The fourth-order valence-corrected chi connectivity index (χ4v) is 3.28. The summed E-state index contributed by atoms with van der Waals surface area (Å²) in [5.41, 5.74) is 2.21. The Hall–Kier alpha value is -3.10. The van der Waals surface area contributed by atoms with Crippen LogP contribution in [0.5, 0.6) is 11.5 Å². The highest BCUT2D eigenvalue weighted by atomic mass is 79.9. The van der Waals surface area contributed by atoms with Gasteiger partial charge in [0.05, 0.1) is 23.2 Å². The van der Waals surface area contributed by atoms with Gasteiger partial charge in [-0.3, -0.25) is 0 Å². The third-order valence-corrected chi connectivity index (χ3v) is 4.66. The van der Waals surface area contributed by atoms with Crippen molar-refractivity contribution in [3.63, 3.8) is 0 Å². The van der Waals surface area contributed by atoms with Crippen molar-refractivity contribution < 1.29 is 13.9 Å². The molecule has 0 radical (unpaired) electrons. The molecule has 0 aliphatic rings. The van der Waals surface area contributed by atoms with Crippen LogP contribution in [-0.2, 0) is 6.61 Å². The zero-order valence-electron chi connectivity index (χ0n) is 15.2. The van der Waals surface area contributed by atoms with Gasteiger partial charge in [-0.25, -0.2) is 4.39 Å². The van der Waals surface area contributed by atoms with Crippen molar-refractivity contribution in [2.45, 2.75) is 6.61 Å². The number of halogens is 2. The van der Waals surface area contributed by atoms with E-state index in [1.165, 1.54) is 6.07 Å². The minimum Gasteiger partial charge on any atom is -0.493 e. The third-order valence-electron chi connectivity index (χ3n) is 4.07. The molecule has 0 unspecified atom stereocenters. The Morgan fingerprint density at radius 2 is 1.82 bits per heavy atom. The number of benzene rings is 3. The van der Waals surface area contributed by atoms with E-state index in [2.05, 4.69) is 22.0 Å². The predicted molar refractivity (Wildman–Crippen MR) is 111 cm³/mol. The van der Waals surface area contributed by atoms with Gasteiger partial charge < -0.3 is 9.47 Å². The van der Waals surface area contributed by atoms with Gasteiger partial charge in [0.25, 0.3) is 0 Å². The molecule has 3 nitrogen and oxygen atoms in total. The van der Waals surface area contributed by atoms with Crippen molar-refractivity contribution in [1.29, 1.82) is 5.26 Å².